The highest BCUT2D eigenvalue weighted by atomic mass is 16.5. The molecule has 0 fully saturated rings. The van der Waals surface area contributed by atoms with Gasteiger partial charge in [-0.1, -0.05) is 18.2 Å². The lowest BCUT2D eigenvalue weighted by Crippen LogP contribution is -2.28. The first-order valence-corrected chi connectivity index (χ1v) is 9.30. The van der Waals surface area contributed by atoms with Crippen LogP contribution in [0.25, 0.3) is 11.0 Å². The van der Waals surface area contributed by atoms with Crippen molar-refractivity contribution in [1.29, 1.82) is 0 Å². The van der Waals surface area contributed by atoms with Gasteiger partial charge in [0.1, 0.15) is 22.8 Å². The number of ether oxygens (including phenoxy) is 2. The molecule has 140 valence electrons. The largest absolute Gasteiger partial charge is 0.496 e. The molecule has 3 aromatic rings. The van der Waals surface area contributed by atoms with E-state index in [1.54, 1.807) is 7.11 Å². The minimum atomic E-state index is -0.171. The number of carbonyl (C=O) groups excluding carboxylic acids is 1. The summed E-state index contributed by atoms with van der Waals surface area (Å²) in [5.74, 6) is 2.37. The normalized spacial score (nSPS) is 13.2. The molecule has 4 rings (SSSR count). The number of benzene rings is 2. The van der Waals surface area contributed by atoms with Crippen molar-refractivity contribution in [1.82, 2.24) is 5.32 Å². The van der Waals surface area contributed by atoms with E-state index < -0.39 is 0 Å². The van der Waals surface area contributed by atoms with Crippen LogP contribution >= 0.6 is 0 Å². The summed E-state index contributed by atoms with van der Waals surface area (Å²) in [5, 5.41) is 3.97. The molecule has 0 saturated heterocycles. The second-order valence-corrected chi connectivity index (χ2v) is 6.75. The number of aryl methyl sites for hydroxylation is 2. The predicted octanol–water partition coefficient (Wildman–Crippen LogP) is 4.02. The summed E-state index contributed by atoms with van der Waals surface area (Å²) in [5.41, 5.74) is 3.12. The summed E-state index contributed by atoms with van der Waals surface area (Å²) in [6.45, 7) is 0.376. The van der Waals surface area contributed by atoms with Crippen LogP contribution in [0.15, 0.2) is 46.9 Å². The number of methoxy groups -OCH3 is 1. The Morgan fingerprint density at radius 2 is 2.00 bits per heavy atom. The molecule has 0 atom stereocenters. The van der Waals surface area contributed by atoms with Crippen LogP contribution in [-0.2, 0) is 24.2 Å². The second-order valence-electron chi connectivity index (χ2n) is 6.75. The third-order valence-corrected chi connectivity index (χ3v) is 4.96. The van der Waals surface area contributed by atoms with E-state index in [0.29, 0.717) is 12.3 Å². The minimum Gasteiger partial charge on any atom is -0.496 e. The minimum absolute atomic E-state index is 0.0271. The van der Waals surface area contributed by atoms with Crippen molar-refractivity contribution < 1.29 is 18.7 Å². The number of hydrogen-bond donors (Lipinski definition) is 1. The average molecular weight is 365 g/mol. The Balaban J connectivity index is 1.37. The summed E-state index contributed by atoms with van der Waals surface area (Å²) >= 11 is 0. The second kappa shape index (κ2) is 7.74. The zero-order chi connectivity index (χ0) is 18.6. The molecule has 1 N–H and O–H groups in total. The lowest BCUT2D eigenvalue weighted by atomic mass is 9.96. The number of hydrogen-bond acceptors (Lipinski definition) is 4. The third-order valence-electron chi connectivity index (χ3n) is 4.96. The highest BCUT2D eigenvalue weighted by molar-refractivity contribution is 5.84. The first kappa shape index (κ1) is 17.5. The van der Waals surface area contributed by atoms with Crippen LogP contribution in [0.1, 0.15) is 29.7 Å². The van der Waals surface area contributed by atoms with E-state index >= 15 is 0 Å². The molecule has 0 radical (unpaired) electrons. The molecule has 5 nitrogen and oxygen atoms in total. The quantitative estimate of drug-likeness (QED) is 0.717. The van der Waals surface area contributed by atoms with Crippen molar-refractivity contribution in [3.05, 3.63) is 59.4 Å². The molecule has 0 bridgehead atoms. The maximum Gasteiger partial charge on any atom is 0.258 e. The van der Waals surface area contributed by atoms with E-state index in [1.807, 2.05) is 42.5 Å². The Kier molecular flexibility index (Phi) is 5.01. The van der Waals surface area contributed by atoms with Crippen LogP contribution in [0.4, 0.5) is 0 Å². The molecule has 27 heavy (non-hydrogen) atoms. The van der Waals surface area contributed by atoms with E-state index in [4.69, 9.17) is 13.9 Å². The van der Waals surface area contributed by atoms with Crippen LogP contribution in [0.5, 0.6) is 11.5 Å². The van der Waals surface area contributed by atoms with E-state index in [2.05, 4.69) is 5.32 Å². The van der Waals surface area contributed by atoms with Gasteiger partial charge in [0.15, 0.2) is 6.61 Å². The van der Waals surface area contributed by atoms with Gasteiger partial charge in [0.25, 0.3) is 5.91 Å². The van der Waals surface area contributed by atoms with E-state index in [0.717, 1.165) is 40.9 Å². The zero-order valence-electron chi connectivity index (χ0n) is 15.4. The molecule has 1 aliphatic rings. The Morgan fingerprint density at radius 3 is 2.89 bits per heavy atom. The lowest BCUT2D eigenvalue weighted by Gasteiger charge is -2.11. The highest BCUT2D eigenvalue weighted by Gasteiger charge is 2.18. The number of carbonyl (C=O) groups is 1. The number of rotatable bonds is 6. The van der Waals surface area contributed by atoms with Crippen molar-refractivity contribution >= 4 is 16.9 Å². The molecule has 1 aromatic heterocycles. The Morgan fingerprint density at radius 1 is 1.15 bits per heavy atom. The van der Waals surface area contributed by atoms with Gasteiger partial charge >= 0.3 is 0 Å². The fourth-order valence-corrected chi connectivity index (χ4v) is 3.57. The molecule has 0 aliphatic heterocycles. The zero-order valence-corrected chi connectivity index (χ0v) is 15.4. The molecule has 1 amide bonds. The van der Waals surface area contributed by atoms with Gasteiger partial charge in [-0.05, 0) is 43.5 Å². The van der Waals surface area contributed by atoms with Gasteiger partial charge in [0.2, 0.25) is 0 Å². The number of furan rings is 1. The summed E-state index contributed by atoms with van der Waals surface area (Å²) in [6, 6.07) is 13.4. The Hall–Kier alpha value is -2.95. The highest BCUT2D eigenvalue weighted by Crippen LogP contribution is 2.33. The summed E-state index contributed by atoms with van der Waals surface area (Å²) in [6.07, 6.45) is 4.43. The number of nitrogens with one attached hydrogen (secondary N) is 1. The molecule has 0 unspecified atom stereocenters. The predicted molar refractivity (Wildman–Crippen MR) is 103 cm³/mol. The van der Waals surface area contributed by atoms with Gasteiger partial charge in [0, 0.05) is 29.5 Å². The summed E-state index contributed by atoms with van der Waals surface area (Å²) in [4.78, 5) is 12.1. The van der Waals surface area contributed by atoms with Crippen molar-refractivity contribution in [3.63, 3.8) is 0 Å². The van der Waals surface area contributed by atoms with Gasteiger partial charge in [0.05, 0.1) is 7.11 Å². The van der Waals surface area contributed by atoms with Crippen LogP contribution < -0.4 is 14.8 Å². The molecule has 2 aromatic carbocycles. The van der Waals surface area contributed by atoms with Gasteiger partial charge in [-0.3, -0.25) is 4.79 Å². The van der Waals surface area contributed by atoms with Gasteiger partial charge in [-0.25, -0.2) is 0 Å². The molecule has 1 aliphatic carbocycles. The third kappa shape index (κ3) is 3.77. The molecule has 0 spiro atoms. The first-order valence-electron chi connectivity index (χ1n) is 9.30. The molecular formula is C22H23NO4. The van der Waals surface area contributed by atoms with E-state index in [9.17, 15) is 4.79 Å². The number of para-hydroxylation sites is 1. The van der Waals surface area contributed by atoms with Crippen molar-refractivity contribution in [2.45, 2.75) is 32.2 Å². The maximum atomic E-state index is 12.1. The lowest BCUT2D eigenvalue weighted by molar-refractivity contribution is -0.123. The summed E-state index contributed by atoms with van der Waals surface area (Å²) in [7, 11) is 1.62. The van der Waals surface area contributed by atoms with Gasteiger partial charge < -0.3 is 19.2 Å². The number of amides is 1. The van der Waals surface area contributed by atoms with E-state index in [-0.39, 0.29) is 12.5 Å². The van der Waals surface area contributed by atoms with Gasteiger partial charge in [-0.15, -0.1) is 0 Å². The maximum absolute atomic E-state index is 12.1. The van der Waals surface area contributed by atoms with Crippen molar-refractivity contribution in [2.24, 2.45) is 0 Å². The van der Waals surface area contributed by atoms with E-state index in [1.165, 1.54) is 18.4 Å². The van der Waals surface area contributed by atoms with Crippen LogP contribution in [0, 0.1) is 0 Å². The molecular weight excluding hydrogens is 342 g/mol. The molecule has 5 heteroatoms. The molecule has 0 saturated carbocycles. The molecule has 1 heterocycles. The average Bonchev–Trinajstić information content (AvgIpc) is 3.09. The summed E-state index contributed by atoms with van der Waals surface area (Å²) < 4.78 is 16.9. The van der Waals surface area contributed by atoms with Crippen molar-refractivity contribution in [2.75, 3.05) is 13.7 Å². The SMILES string of the molecule is COc1ccccc1CNC(=O)COc1ccc2oc3c(c2c1)CCCC3. The number of fused-ring (bicyclic) bond motifs is 3. The van der Waals surface area contributed by atoms with Crippen LogP contribution in [-0.4, -0.2) is 19.6 Å². The Labute approximate surface area is 158 Å². The van der Waals surface area contributed by atoms with Gasteiger partial charge in [-0.2, -0.15) is 0 Å². The van der Waals surface area contributed by atoms with Crippen LogP contribution in [0.2, 0.25) is 0 Å². The smallest absolute Gasteiger partial charge is 0.258 e. The van der Waals surface area contributed by atoms with Crippen molar-refractivity contribution in [3.8, 4) is 11.5 Å². The topological polar surface area (TPSA) is 60.7 Å². The first-order chi connectivity index (χ1) is 13.2. The monoisotopic (exact) mass is 365 g/mol. The Bertz CT molecular complexity index is 960. The fraction of sp³-hybridized carbons (Fsp3) is 0.318. The van der Waals surface area contributed by atoms with Crippen LogP contribution in [0.3, 0.4) is 0 Å². The fourth-order valence-electron chi connectivity index (χ4n) is 3.57. The standard InChI is InChI=1S/C22H23NO4/c1-25-19-8-4-2-6-15(19)13-23-22(24)14-26-16-10-11-21-18(12-16)17-7-3-5-9-20(17)27-21/h2,4,6,8,10-12H,3,5,7,9,13-14H2,1H3,(H,23,24).